The van der Waals surface area contributed by atoms with E-state index in [0.717, 1.165) is 24.3 Å². The van der Waals surface area contributed by atoms with E-state index in [1.54, 1.807) is 0 Å². The van der Waals surface area contributed by atoms with Crippen LogP contribution in [0.3, 0.4) is 0 Å². The van der Waals surface area contributed by atoms with Crippen LogP contribution < -0.4 is 5.32 Å². The summed E-state index contributed by atoms with van der Waals surface area (Å²) in [5.41, 5.74) is 3.23. The average Bonchev–Trinajstić information content (AvgIpc) is 2.80. The summed E-state index contributed by atoms with van der Waals surface area (Å²) in [6.45, 7) is 10.3. The summed E-state index contributed by atoms with van der Waals surface area (Å²) in [7, 11) is 0. The molecule has 3 heteroatoms. The zero-order valence-corrected chi connectivity index (χ0v) is 13.6. The molecule has 1 aromatic heterocycles. The molecule has 1 aliphatic rings. The molecule has 0 radical (unpaired) electrons. The molecule has 2 rings (SSSR count). The first-order chi connectivity index (χ1) is 9.13. The van der Waals surface area contributed by atoms with Crippen molar-refractivity contribution < 1.29 is 0 Å². The van der Waals surface area contributed by atoms with Crippen molar-refractivity contribution in [3.8, 4) is 0 Å². The van der Waals surface area contributed by atoms with Crippen molar-refractivity contribution >= 4 is 11.3 Å². The molecular weight excluding hydrogens is 252 g/mol. The van der Waals surface area contributed by atoms with E-state index in [1.807, 2.05) is 16.8 Å². The largest absolute Gasteiger partial charge is 0.309 e. The second kappa shape index (κ2) is 6.85. The number of rotatable bonds is 5. The molecule has 0 bridgehead atoms. The number of hydrogen-bond acceptors (Lipinski definition) is 3. The standard InChI is InChI=1S/C16H28N2S/c1-5-8-17-15(16-13(4)18-10-19-16)14-7-6-11(2)12(3)9-14/h10-12,14-15,17H,5-9H2,1-4H3. The fourth-order valence-corrected chi connectivity index (χ4v) is 4.24. The summed E-state index contributed by atoms with van der Waals surface area (Å²) in [4.78, 5) is 5.93. The predicted molar refractivity (Wildman–Crippen MR) is 83.6 cm³/mol. The van der Waals surface area contributed by atoms with Crippen LogP contribution in [0, 0.1) is 24.7 Å². The maximum absolute atomic E-state index is 4.45. The van der Waals surface area contributed by atoms with Crippen LogP contribution in [0.4, 0.5) is 0 Å². The lowest BCUT2D eigenvalue weighted by atomic mass is 9.73. The summed E-state index contributed by atoms with van der Waals surface area (Å²) in [6.07, 6.45) is 5.31. The van der Waals surface area contributed by atoms with Crippen LogP contribution in [0.25, 0.3) is 0 Å². The Balaban J connectivity index is 2.11. The molecule has 1 N–H and O–H groups in total. The Morgan fingerprint density at radius 2 is 2.16 bits per heavy atom. The van der Waals surface area contributed by atoms with Crippen molar-refractivity contribution in [1.82, 2.24) is 10.3 Å². The number of aryl methyl sites for hydroxylation is 1. The van der Waals surface area contributed by atoms with E-state index in [0.29, 0.717) is 6.04 Å². The first-order valence-electron chi connectivity index (χ1n) is 7.76. The normalized spacial score (nSPS) is 29.4. The molecule has 2 nitrogen and oxygen atoms in total. The highest BCUT2D eigenvalue weighted by Gasteiger charge is 2.32. The summed E-state index contributed by atoms with van der Waals surface area (Å²) in [6, 6.07) is 0.530. The number of nitrogens with one attached hydrogen (secondary N) is 1. The van der Waals surface area contributed by atoms with Gasteiger partial charge in [-0.05, 0) is 50.5 Å². The van der Waals surface area contributed by atoms with Crippen LogP contribution in [0.1, 0.15) is 63.1 Å². The lowest BCUT2D eigenvalue weighted by molar-refractivity contribution is 0.172. The van der Waals surface area contributed by atoms with Crippen molar-refractivity contribution in [2.45, 2.75) is 59.4 Å². The molecule has 1 heterocycles. The van der Waals surface area contributed by atoms with Gasteiger partial charge in [0.2, 0.25) is 0 Å². The highest BCUT2D eigenvalue weighted by Crippen LogP contribution is 2.41. The van der Waals surface area contributed by atoms with Gasteiger partial charge in [0.25, 0.3) is 0 Å². The summed E-state index contributed by atoms with van der Waals surface area (Å²) >= 11 is 1.83. The summed E-state index contributed by atoms with van der Waals surface area (Å²) in [5, 5.41) is 3.79. The molecule has 0 aliphatic heterocycles. The van der Waals surface area contributed by atoms with Gasteiger partial charge in [-0.1, -0.05) is 27.2 Å². The topological polar surface area (TPSA) is 24.9 Å². The molecule has 0 saturated heterocycles. The summed E-state index contributed by atoms with van der Waals surface area (Å²) in [5.74, 6) is 2.54. The minimum Gasteiger partial charge on any atom is -0.309 e. The highest BCUT2D eigenvalue weighted by atomic mass is 32.1. The molecule has 0 aromatic carbocycles. The minimum absolute atomic E-state index is 0.530. The van der Waals surface area contributed by atoms with Gasteiger partial charge in [-0.3, -0.25) is 0 Å². The molecule has 4 atom stereocenters. The average molecular weight is 280 g/mol. The highest BCUT2D eigenvalue weighted by molar-refractivity contribution is 7.09. The Bertz CT molecular complexity index is 388. The van der Waals surface area contributed by atoms with Gasteiger partial charge >= 0.3 is 0 Å². The van der Waals surface area contributed by atoms with Crippen molar-refractivity contribution in [2.24, 2.45) is 17.8 Å². The number of thiazole rings is 1. The van der Waals surface area contributed by atoms with Crippen LogP contribution in [-0.2, 0) is 0 Å². The van der Waals surface area contributed by atoms with Crippen molar-refractivity contribution in [3.63, 3.8) is 0 Å². The fourth-order valence-electron chi connectivity index (χ4n) is 3.27. The third-order valence-electron chi connectivity index (χ3n) is 4.79. The van der Waals surface area contributed by atoms with Gasteiger partial charge < -0.3 is 5.32 Å². The summed E-state index contributed by atoms with van der Waals surface area (Å²) < 4.78 is 0. The van der Waals surface area contributed by atoms with E-state index in [9.17, 15) is 0 Å². The van der Waals surface area contributed by atoms with E-state index >= 15 is 0 Å². The molecular formula is C16H28N2S. The first kappa shape index (κ1) is 15.0. The minimum atomic E-state index is 0.530. The zero-order valence-electron chi connectivity index (χ0n) is 12.8. The van der Waals surface area contributed by atoms with Gasteiger partial charge in [0.15, 0.2) is 0 Å². The van der Waals surface area contributed by atoms with Gasteiger partial charge in [0.05, 0.1) is 11.2 Å². The van der Waals surface area contributed by atoms with Crippen LogP contribution in [-0.4, -0.2) is 11.5 Å². The van der Waals surface area contributed by atoms with E-state index < -0.39 is 0 Å². The number of nitrogens with zero attached hydrogens (tertiary/aromatic N) is 1. The Labute approximate surface area is 122 Å². The number of aromatic nitrogens is 1. The Morgan fingerprint density at radius 3 is 2.74 bits per heavy atom. The molecule has 0 spiro atoms. The molecule has 1 aromatic rings. The molecule has 1 aliphatic carbocycles. The van der Waals surface area contributed by atoms with E-state index in [-0.39, 0.29) is 0 Å². The zero-order chi connectivity index (χ0) is 13.8. The molecule has 1 fully saturated rings. The smallest absolute Gasteiger partial charge is 0.0798 e. The molecule has 19 heavy (non-hydrogen) atoms. The maximum atomic E-state index is 4.45. The van der Waals surface area contributed by atoms with Gasteiger partial charge in [-0.2, -0.15) is 0 Å². The van der Waals surface area contributed by atoms with Crippen LogP contribution in [0.5, 0.6) is 0 Å². The molecule has 0 amide bonds. The van der Waals surface area contributed by atoms with E-state index in [4.69, 9.17) is 0 Å². The van der Waals surface area contributed by atoms with Crippen molar-refractivity contribution in [3.05, 3.63) is 16.1 Å². The van der Waals surface area contributed by atoms with Gasteiger partial charge in [-0.25, -0.2) is 4.98 Å². The molecule has 4 unspecified atom stereocenters. The number of hydrogen-bond donors (Lipinski definition) is 1. The van der Waals surface area contributed by atoms with Crippen LogP contribution >= 0.6 is 11.3 Å². The quantitative estimate of drug-likeness (QED) is 0.855. The predicted octanol–water partition coefficient (Wildman–Crippen LogP) is 4.56. The third-order valence-corrected chi connectivity index (χ3v) is 5.80. The first-order valence-corrected chi connectivity index (χ1v) is 8.64. The second-order valence-electron chi connectivity index (χ2n) is 6.26. The Morgan fingerprint density at radius 1 is 1.37 bits per heavy atom. The van der Waals surface area contributed by atoms with Crippen LogP contribution in [0.2, 0.25) is 0 Å². The van der Waals surface area contributed by atoms with Crippen LogP contribution in [0.15, 0.2) is 5.51 Å². The fraction of sp³-hybridized carbons (Fsp3) is 0.812. The SMILES string of the molecule is CCCNC(c1scnc1C)C1CCC(C)C(C)C1. The van der Waals surface area contributed by atoms with Crippen molar-refractivity contribution in [1.29, 1.82) is 0 Å². The van der Waals surface area contributed by atoms with Crippen molar-refractivity contribution in [2.75, 3.05) is 6.54 Å². The Hall–Kier alpha value is -0.410. The lowest BCUT2D eigenvalue weighted by Gasteiger charge is -2.37. The Kier molecular flexibility index (Phi) is 5.40. The maximum Gasteiger partial charge on any atom is 0.0798 e. The van der Waals surface area contributed by atoms with Gasteiger partial charge in [0, 0.05) is 10.9 Å². The molecule has 108 valence electrons. The van der Waals surface area contributed by atoms with Gasteiger partial charge in [-0.15, -0.1) is 11.3 Å². The van der Waals surface area contributed by atoms with Gasteiger partial charge in [0.1, 0.15) is 0 Å². The second-order valence-corrected chi connectivity index (χ2v) is 7.15. The van der Waals surface area contributed by atoms with E-state index in [2.05, 4.69) is 38.0 Å². The monoisotopic (exact) mass is 280 g/mol. The third kappa shape index (κ3) is 3.57. The lowest BCUT2D eigenvalue weighted by Crippen LogP contribution is -2.33. The molecule has 1 saturated carbocycles. The van der Waals surface area contributed by atoms with E-state index in [1.165, 1.54) is 36.3 Å².